The molecule has 0 bridgehead atoms. The summed E-state index contributed by atoms with van der Waals surface area (Å²) in [7, 11) is -4.25. The maximum absolute atomic E-state index is 12.7. The molecular formula is C19H21F3N2O3S. The first-order valence-electron chi connectivity index (χ1n) is 8.62. The van der Waals surface area contributed by atoms with Crippen molar-refractivity contribution in [3.63, 3.8) is 0 Å². The van der Waals surface area contributed by atoms with Crippen molar-refractivity contribution in [2.24, 2.45) is 0 Å². The fourth-order valence-electron chi connectivity index (χ4n) is 2.61. The third-order valence-corrected chi connectivity index (χ3v) is 5.60. The molecule has 2 N–H and O–H groups in total. The van der Waals surface area contributed by atoms with Gasteiger partial charge in [0, 0.05) is 12.5 Å². The van der Waals surface area contributed by atoms with Gasteiger partial charge in [-0.1, -0.05) is 43.3 Å². The Morgan fingerprint density at radius 1 is 1.07 bits per heavy atom. The van der Waals surface area contributed by atoms with Crippen molar-refractivity contribution in [2.45, 2.75) is 30.3 Å². The average Bonchev–Trinajstić information content (AvgIpc) is 2.67. The van der Waals surface area contributed by atoms with Crippen molar-refractivity contribution in [1.82, 2.24) is 10.0 Å². The van der Waals surface area contributed by atoms with Gasteiger partial charge in [0.15, 0.2) is 0 Å². The Labute approximate surface area is 162 Å². The van der Waals surface area contributed by atoms with Gasteiger partial charge in [0.1, 0.15) is 0 Å². The molecule has 0 aromatic heterocycles. The summed E-state index contributed by atoms with van der Waals surface area (Å²) in [6, 6.07) is 12.9. The second-order valence-corrected chi connectivity index (χ2v) is 7.94. The lowest BCUT2D eigenvalue weighted by Crippen LogP contribution is -2.38. The van der Waals surface area contributed by atoms with Gasteiger partial charge in [0.05, 0.1) is 17.0 Å². The van der Waals surface area contributed by atoms with Crippen LogP contribution in [0.25, 0.3) is 0 Å². The molecule has 0 spiro atoms. The first-order chi connectivity index (χ1) is 13.1. The zero-order valence-electron chi connectivity index (χ0n) is 15.2. The molecule has 0 radical (unpaired) electrons. The molecule has 0 fully saturated rings. The van der Waals surface area contributed by atoms with E-state index in [9.17, 15) is 26.4 Å². The lowest BCUT2D eigenvalue weighted by molar-refractivity contribution is -0.137. The quantitative estimate of drug-likeness (QED) is 0.696. The van der Waals surface area contributed by atoms with E-state index in [0.29, 0.717) is 12.6 Å². The fraction of sp³-hybridized carbons (Fsp3) is 0.316. The van der Waals surface area contributed by atoms with Crippen LogP contribution >= 0.6 is 0 Å². The van der Waals surface area contributed by atoms with Gasteiger partial charge in [-0.3, -0.25) is 4.79 Å². The summed E-state index contributed by atoms with van der Waals surface area (Å²) >= 11 is 0. The lowest BCUT2D eigenvalue weighted by Gasteiger charge is -2.16. The summed E-state index contributed by atoms with van der Waals surface area (Å²) in [5, 5.41) is 2.65. The van der Waals surface area contributed by atoms with Crippen molar-refractivity contribution in [3.05, 3.63) is 65.7 Å². The highest BCUT2D eigenvalue weighted by Gasteiger charge is 2.31. The van der Waals surface area contributed by atoms with Gasteiger partial charge in [-0.15, -0.1) is 0 Å². The molecule has 0 heterocycles. The molecule has 0 aliphatic heterocycles. The number of alkyl halides is 3. The number of hydrogen-bond acceptors (Lipinski definition) is 3. The van der Waals surface area contributed by atoms with E-state index in [-0.39, 0.29) is 5.92 Å². The molecule has 152 valence electrons. The van der Waals surface area contributed by atoms with Crippen LogP contribution in [-0.2, 0) is 21.0 Å². The highest BCUT2D eigenvalue weighted by atomic mass is 32.2. The van der Waals surface area contributed by atoms with Crippen LogP contribution in [0.2, 0.25) is 0 Å². The van der Waals surface area contributed by atoms with Crippen LogP contribution in [0.1, 0.15) is 30.4 Å². The number of carbonyl (C=O) groups excluding carboxylic acids is 1. The molecular weight excluding hydrogens is 393 g/mol. The van der Waals surface area contributed by atoms with Gasteiger partial charge < -0.3 is 5.32 Å². The molecule has 5 nitrogen and oxygen atoms in total. The Hall–Kier alpha value is -2.39. The summed E-state index contributed by atoms with van der Waals surface area (Å²) < 4.78 is 64.6. The van der Waals surface area contributed by atoms with E-state index in [2.05, 4.69) is 5.32 Å². The first kappa shape index (κ1) is 21.9. The summed E-state index contributed by atoms with van der Waals surface area (Å²) in [6.45, 7) is 1.73. The number of rotatable bonds is 8. The zero-order valence-corrected chi connectivity index (χ0v) is 16.0. The number of nitrogens with one attached hydrogen (secondary N) is 2. The van der Waals surface area contributed by atoms with Gasteiger partial charge in [0.25, 0.3) is 0 Å². The van der Waals surface area contributed by atoms with Crippen LogP contribution < -0.4 is 10.0 Å². The van der Waals surface area contributed by atoms with Crippen LogP contribution in [0.15, 0.2) is 59.5 Å². The summed E-state index contributed by atoms with van der Waals surface area (Å²) in [6.07, 6.45) is -3.88. The van der Waals surface area contributed by atoms with E-state index in [1.165, 1.54) is 0 Å². The largest absolute Gasteiger partial charge is 0.416 e. The smallest absolute Gasteiger partial charge is 0.354 e. The van der Waals surface area contributed by atoms with Gasteiger partial charge in [-0.2, -0.15) is 13.2 Å². The Bertz CT molecular complexity index is 900. The molecule has 2 rings (SSSR count). The minimum Gasteiger partial charge on any atom is -0.354 e. The monoisotopic (exact) mass is 414 g/mol. The predicted octanol–water partition coefficient (Wildman–Crippen LogP) is 3.29. The molecule has 1 atom stereocenters. The van der Waals surface area contributed by atoms with Crippen LogP contribution in [0.5, 0.6) is 0 Å². The SMILES string of the molecule is CCC(CNC(=O)CNS(=O)(=O)c1cccc(C(F)(F)F)c1)c1ccccc1. The molecule has 1 unspecified atom stereocenters. The third-order valence-electron chi connectivity index (χ3n) is 4.20. The summed E-state index contributed by atoms with van der Waals surface area (Å²) in [5.74, 6) is -0.491. The Balaban J connectivity index is 1.94. The van der Waals surface area contributed by atoms with E-state index in [0.717, 1.165) is 30.2 Å². The molecule has 1 amide bonds. The molecule has 0 saturated carbocycles. The Morgan fingerprint density at radius 3 is 2.36 bits per heavy atom. The number of benzene rings is 2. The van der Waals surface area contributed by atoms with E-state index in [4.69, 9.17) is 0 Å². The maximum Gasteiger partial charge on any atom is 0.416 e. The normalized spacial score (nSPS) is 13.1. The summed E-state index contributed by atoms with van der Waals surface area (Å²) in [5.41, 5.74) is -0.0247. The maximum atomic E-state index is 12.7. The second kappa shape index (κ2) is 9.20. The number of amides is 1. The minimum atomic E-state index is -4.66. The lowest BCUT2D eigenvalue weighted by atomic mass is 9.96. The molecule has 9 heteroatoms. The van der Waals surface area contributed by atoms with Crippen LogP contribution in [0.4, 0.5) is 13.2 Å². The predicted molar refractivity (Wildman–Crippen MR) is 99.1 cm³/mol. The van der Waals surface area contributed by atoms with Crippen LogP contribution in [0, 0.1) is 0 Å². The Morgan fingerprint density at radius 2 is 1.75 bits per heavy atom. The second-order valence-electron chi connectivity index (χ2n) is 6.17. The van der Waals surface area contributed by atoms with Gasteiger partial charge >= 0.3 is 6.18 Å². The molecule has 28 heavy (non-hydrogen) atoms. The molecule has 0 aliphatic rings. The Kier molecular flexibility index (Phi) is 7.20. The standard InChI is InChI=1S/C19H21F3N2O3S/c1-2-14(15-7-4-3-5-8-15)12-23-18(25)13-24-28(26,27)17-10-6-9-16(11-17)19(20,21)22/h3-11,14,24H,2,12-13H2,1H3,(H,23,25). The third kappa shape index (κ3) is 6.07. The van der Waals surface area contributed by atoms with Gasteiger partial charge in [0.2, 0.25) is 15.9 Å². The number of hydrogen-bond donors (Lipinski definition) is 2. The number of carbonyl (C=O) groups is 1. The minimum absolute atomic E-state index is 0.0743. The van der Waals surface area contributed by atoms with Crippen molar-refractivity contribution >= 4 is 15.9 Å². The average molecular weight is 414 g/mol. The molecule has 0 saturated heterocycles. The summed E-state index contributed by atoms with van der Waals surface area (Å²) in [4.78, 5) is 11.4. The van der Waals surface area contributed by atoms with E-state index in [1.807, 2.05) is 42.0 Å². The highest BCUT2D eigenvalue weighted by molar-refractivity contribution is 7.89. The topological polar surface area (TPSA) is 75.3 Å². The zero-order chi connectivity index (χ0) is 20.8. The van der Waals surface area contributed by atoms with Crippen LogP contribution in [-0.4, -0.2) is 27.4 Å². The number of halogens is 3. The highest BCUT2D eigenvalue weighted by Crippen LogP contribution is 2.30. The molecule has 0 aliphatic carbocycles. The number of sulfonamides is 1. The van der Waals surface area contributed by atoms with Crippen molar-refractivity contribution in [2.75, 3.05) is 13.1 Å². The van der Waals surface area contributed by atoms with E-state index in [1.54, 1.807) is 0 Å². The first-order valence-corrected chi connectivity index (χ1v) is 10.1. The van der Waals surface area contributed by atoms with E-state index < -0.39 is 39.1 Å². The van der Waals surface area contributed by atoms with Crippen molar-refractivity contribution in [3.8, 4) is 0 Å². The van der Waals surface area contributed by atoms with Crippen molar-refractivity contribution < 1.29 is 26.4 Å². The van der Waals surface area contributed by atoms with Gasteiger partial charge in [-0.25, -0.2) is 13.1 Å². The fourth-order valence-corrected chi connectivity index (χ4v) is 3.63. The van der Waals surface area contributed by atoms with Gasteiger partial charge in [-0.05, 0) is 30.2 Å². The van der Waals surface area contributed by atoms with E-state index >= 15 is 0 Å². The molecule has 2 aromatic carbocycles. The molecule has 2 aromatic rings. The van der Waals surface area contributed by atoms with Crippen molar-refractivity contribution in [1.29, 1.82) is 0 Å². The van der Waals surface area contributed by atoms with Crippen LogP contribution in [0.3, 0.4) is 0 Å².